The molecule has 0 aliphatic heterocycles. The highest BCUT2D eigenvalue weighted by Crippen LogP contribution is 2.29. The van der Waals surface area contributed by atoms with Gasteiger partial charge >= 0.3 is 12.3 Å². The zero-order valence-corrected chi connectivity index (χ0v) is 9.19. The molecule has 0 radical (unpaired) electrons. The minimum atomic E-state index is -4.79. The molecule has 4 nitrogen and oxygen atoms in total. The normalized spacial score (nSPS) is 11.6. The molecule has 0 saturated heterocycles. The molecule has 0 spiro atoms. The molecule has 0 atom stereocenters. The lowest BCUT2D eigenvalue weighted by Gasteiger charge is -2.11. The van der Waals surface area contributed by atoms with Gasteiger partial charge in [-0.1, -0.05) is 0 Å². The van der Waals surface area contributed by atoms with E-state index in [4.69, 9.17) is 9.84 Å². The van der Waals surface area contributed by atoms with E-state index in [-0.39, 0.29) is 5.75 Å². The van der Waals surface area contributed by atoms with Gasteiger partial charge in [-0.25, -0.2) is 4.79 Å². The molecule has 0 fully saturated rings. The Morgan fingerprint density at radius 2 is 2.06 bits per heavy atom. The second-order valence-electron chi connectivity index (χ2n) is 3.12. The summed E-state index contributed by atoms with van der Waals surface area (Å²) in [6.07, 6.45) is -2.73. The first-order chi connectivity index (χ1) is 8.31. The van der Waals surface area contributed by atoms with E-state index in [9.17, 15) is 18.0 Å². The average molecular weight is 262 g/mol. The van der Waals surface area contributed by atoms with Crippen molar-refractivity contribution < 1.29 is 32.5 Å². The fourth-order valence-corrected chi connectivity index (χ4v) is 1.19. The Morgan fingerprint density at radius 1 is 1.39 bits per heavy atom. The second-order valence-corrected chi connectivity index (χ2v) is 3.12. The molecule has 1 N–H and O–H groups in total. The number of halogens is 3. The first-order valence-corrected chi connectivity index (χ1v) is 4.66. The predicted octanol–water partition coefficient (Wildman–Crippen LogP) is 2.69. The lowest BCUT2D eigenvalue weighted by molar-refractivity contribution is -0.274. The molecular formula is C11H9F3O4. The van der Waals surface area contributed by atoms with Crippen LogP contribution in [-0.4, -0.2) is 24.5 Å². The number of hydrogen-bond acceptors (Lipinski definition) is 3. The third-order valence-corrected chi connectivity index (χ3v) is 1.84. The summed E-state index contributed by atoms with van der Waals surface area (Å²) in [7, 11) is 1.25. The number of carboxylic acids is 1. The summed E-state index contributed by atoms with van der Waals surface area (Å²) in [6.45, 7) is 0. The van der Waals surface area contributed by atoms with Crippen LogP contribution in [0.1, 0.15) is 5.56 Å². The Kier molecular flexibility index (Phi) is 4.19. The highest BCUT2D eigenvalue weighted by molar-refractivity contribution is 5.86. The number of methoxy groups -OCH3 is 1. The maximum absolute atomic E-state index is 12.0. The fourth-order valence-electron chi connectivity index (χ4n) is 1.19. The molecule has 1 aromatic rings. The molecule has 1 aromatic carbocycles. The van der Waals surface area contributed by atoms with Crippen LogP contribution in [0.5, 0.6) is 11.5 Å². The molecule has 98 valence electrons. The summed E-state index contributed by atoms with van der Waals surface area (Å²) in [4.78, 5) is 10.3. The zero-order valence-electron chi connectivity index (χ0n) is 9.19. The highest BCUT2D eigenvalue weighted by Gasteiger charge is 2.31. The van der Waals surface area contributed by atoms with Crippen LogP contribution in [0.2, 0.25) is 0 Å². The third-order valence-electron chi connectivity index (χ3n) is 1.84. The smallest absolute Gasteiger partial charge is 0.496 e. The van der Waals surface area contributed by atoms with Gasteiger partial charge in [0.2, 0.25) is 0 Å². The SMILES string of the molecule is COc1cc(OC(F)(F)F)ccc1/C=C/C(=O)O. The monoisotopic (exact) mass is 262 g/mol. The average Bonchev–Trinajstić information content (AvgIpc) is 2.24. The second kappa shape index (κ2) is 5.44. The lowest BCUT2D eigenvalue weighted by atomic mass is 10.2. The molecule has 18 heavy (non-hydrogen) atoms. The Morgan fingerprint density at radius 3 is 2.56 bits per heavy atom. The van der Waals surface area contributed by atoms with Gasteiger partial charge in [-0.15, -0.1) is 13.2 Å². The van der Waals surface area contributed by atoms with E-state index < -0.39 is 18.1 Å². The van der Waals surface area contributed by atoms with Gasteiger partial charge in [0.25, 0.3) is 0 Å². The van der Waals surface area contributed by atoms with Crippen molar-refractivity contribution >= 4 is 12.0 Å². The van der Waals surface area contributed by atoms with Gasteiger partial charge < -0.3 is 14.6 Å². The van der Waals surface area contributed by atoms with Crippen molar-refractivity contribution in [1.82, 2.24) is 0 Å². The van der Waals surface area contributed by atoms with Gasteiger partial charge in [-0.2, -0.15) is 0 Å². The largest absolute Gasteiger partial charge is 0.573 e. The number of carboxylic acid groups (broad SMARTS) is 1. The van der Waals surface area contributed by atoms with Gasteiger partial charge in [0.15, 0.2) is 0 Å². The number of alkyl halides is 3. The highest BCUT2D eigenvalue weighted by atomic mass is 19.4. The first-order valence-electron chi connectivity index (χ1n) is 4.66. The van der Waals surface area contributed by atoms with Gasteiger partial charge in [-0.3, -0.25) is 0 Å². The van der Waals surface area contributed by atoms with Gasteiger partial charge in [0.1, 0.15) is 11.5 Å². The summed E-state index contributed by atoms with van der Waals surface area (Å²) in [5, 5.41) is 8.44. The van der Waals surface area contributed by atoms with Crippen molar-refractivity contribution in [2.75, 3.05) is 7.11 Å². The van der Waals surface area contributed by atoms with E-state index in [1.165, 1.54) is 19.3 Å². The minimum absolute atomic E-state index is 0.0780. The van der Waals surface area contributed by atoms with Crippen LogP contribution in [0.4, 0.5) is 13.2 Å². The van der Waals surface area contributed by atoms with Gasteiger partial charge in [0.05, 0.1) is 7.11 Å². The Hall–Kier alpha value is -2.18. The summed E-state index contributed by atoms with van der Waals surface area (Å²) in [6, 6.07) is 3.35. The molecule has 0 heterocycles. The van der Waals surface area contributed by atoms with E-state index >= 15 is 0 Å². The molecule has 0 aromatic heterocycles. The summed E-state index contributed by atoms with van der Waals surface area (Å²) in [5.41, 5.74) is 0.328. The van der Waals surface area contributed by atoms with Crippen LogP contribution in [-0.2, 0) is 4.79 Å². The summed E-state index contributed by atoms with van der Waals surface area (Å²) in [5.74, 6) is -1.53. The van der Waals surface area contributed by atoms with Crippen LogP contribution in [0, 0.1) is 0 Å². The van der Waals surface area contributed by atoms with Crippen LogP contribution in [0.15, 0.2) is 24.3 Å². The van der Waals surface area contributed by atoms with Crippen LogP contribution >= 0.6 is 0 Å². The summed E-state index contributed by atoms with van der Waals surface area (Å²) < 4.78 is 44.5. The first kappa shape index (κ1) is 13.9. The quantitative estimate of drug-likeness (QED) is 0.847. The van der Waals surface area contributed by atoms with E-state index in [1.807, 2.05) is 0 Å². The number of hydrogen-bond donors (Lipinski definition) is 1. The Labute approximate surface area is 100 Å². The fraction of sp³-hybridized carbons (Fsp3) is 0.182. The number of benzene rings is 1. The minimum Gasteiger partial charge on any atom is -0.496 e. The van der Waals surface area contributed by atoms with Crippen molar-refractivity contribution in [2.45, 2.75) is 6.36 Å². The molecule has 0 unspecified atom stereocenters. The molecule has 1 rings (SSSR count). The number of ether oxygens (including phenoxy) is 2. The predicted molar refractivity (Wildman–Crippen MR) is 56.3 cm³/mol. The van der Waals surface area contributed by atoms with Gasteiger partial charge in [0, 0.05) is 17.7 Å². The number of rotatable bonds is 4. The van der Waals surface area contributed by atoms with Crippen molar-refractivity contribution in [3.63, 3.8) is 0 Å². The maximum Gasteiger partial charge on any atom is 0.573 e. The molecule has 0 bridgehead atoms. The van der Waals surface area contributed by atoms with Crippen LogP contribution in [0.3, 0.4) is 0 Å². The van der Waals surface area contributed by atoms with Crippen LogP contribution in [0.25, 0.3) is 6.08 Å². The molecule has 0 aliphatic rings. The van der Waals surface area contributed by atoms with E-state index in [1.54, 1.807) is 0 Å². The molecule has 0 saturated carbocycles. The summed E-state index contributed by atoms with van der Waals surface area (Å²) >= 11 is 0. The zero-order chi connectivity index (χ0) is 13.8. The third kappa shape index (κ3) is 4.36. The van der Waals surface area contributed by atoms with Crippen molar-refractivity contribution in [3.05, 3.63) is 29.8 Å². The standard InChI is InChI=1S/C11H9F3O4/c1-17-9-6-8(18-11(12,13)14)4-2-7(9)3-5-10(15)16/h2-6H,1H3,(H,15,16)/b5-3+. The van der Waals surface area contributed by atoms with Gasteiger partial charge in [-0.05, 0) is 18.2 Å². The van der Waals surface area contributed by atoms with Crippen molar-refractivity contribution in [3.8, 4) is 11.5 Å². The maximum atomic E-state index is 12.0. The number of carbonyl (C=O) groups is 1. The Bertz CT molecular complexity index is 466. The number of aliphatic carboxylic acids is 1. The Balaban J connectivity index is 3.00. The van der Waals surface area contributed by atoms with E-state index in [0.29, 0.717) is 5.56 Å². The van der Waals surface area contributed by atoms with Crippen LogP contribution < -0.4 is 9.47 Å². The molecule has 7 heteroatoms. The molecule has 0 amide bonds. The van der Waals surface area contributed by atoms with E-state index in [2.05, 4.69) is 4.74 Å². The van der Waals surface area contributed by atoms with Crippen molar-refractivity contribution in [1.29, 1.82) is 0 Å². The van der Waals surface area contributed by atoms with E-state index in [0.717, 1.165) is 18.2 Å². The topological polar surface area (TPSA) is 55.8 Å². The van der Waals surface area contributed by atoms with Crippen molar-refractivity contribution in [2.24, 2.45) is 0 Å². The lowest BCUT2D eigenvalue weighted by Crippen LogP contribution is -2.17. The molecular weight excluding hydrogens is 253 g/mol. The molecule has 0 aliphatic carbocycles.